The molecule has 1 saturated carbocycles. The van der Waals surface area contributed by atoms with Crippen LogP contribution in [-0.2, 0) is 22.4 Å². The zero-order valence-corrected chi connectivity index (χ0v) is 19.2. The van der Waals surface area contributed by atoms with Crippen molar-refractivity contribution in [2.24, 2.45) is 5.41 Å². The van der Waals surface area contributed by atoms with Gasteiger partial charge in [0.25, 0.3) is 12.4 Å². The lowest BCUT2D eigenvalue weighted by molar-refractivity contribution is -0.125. The number of carbonyl (C=O) groups excluding carboxylic acids is 2. The van der Waals surface area contributed by atoms with Crippen LogP contribution in [-0.4, -0.2) is 52.4 Å². The van der Waals surface area contributed by atoms with E-state index >= 15 is 0 Å². The predicted octanol–water partition coefficient (Wildman–Crippen LogP) is 3.48. The fourth-order valence-corrected chi connectivity index (χ4v) is 4.79. The van der Waals surface area contributed by atoms with Crippen molar-refractivity contribution in [3.8, 4) is 0 Å². The molecule has 1 aromatic carbocycles. The van der Waals surface area contributed by atoms with Gasteiger partial charge in [-0.3, -0.25) is 19.4 Å². The van der Waals surface area contributed by atoms with E-state index in [9.17, 15) is 9.59 Å². The lowest BCUT2D eigenvalue weighted by Gasteiger charge is -2.54. The summed E-state index contributed by atoms with van der Waals surface area (Å²) in [6.07, 6.45) is 8.00. The maximum atomic E-state index is 12.8. The number of carbonyl (C=O) groups is 3. The van der Waals surface area contributed by atoms with Crippen molar-refractivity contribution in [1.82, 2.24) is 15.2 Å². The highest BCUT2D eigenvalue weighted by Gasteiger charge is 2.49. The molecule has 1 spiro atoms. The Morgan fingerprint density at radius 2 is 1.85 bits per heavy atom. The van der Waals surface area contributed by atoms with E-state index in [-0.39, 0.29) is 29.7 Å². The minimum Gasteiger partial charge on any atom is -0.483 e. The number of hydrogen-bond acceptors (Lipinski definition) is 4. The number of aromatic nitrogens is 1. The van der Waals surface area contributed by atoms with E-state index < -0.39 is 0 Å². The van der Waals surface area contributed by atoms with Gasteiger partial charge in [-0.2, -0.15) is 0 Å². The lowest BCUT2D eigenvalue weighted by atomic mass is 9.59. The van der Waals surface area contributed by atoms with Crippen molar-refractivity contribution in [1.29, 1.82) is 0 Å². The fourth-order valence-electron chi connectivity index (χ4n) is 4.79. The van der Waals surface area contributed by atoms with Gasteiger partial charge in [-0.1, -0.05) is 37.3 Å². The van der Waals surface area contributed by atoms with Gasteiger partial charge < -0.3 is 15.3 Å². The van der Waals surface area contributed by atoms with Crippen LogP contribution < -0.4 is 5.32 Å². The van der Waals surface area contributed by atoms with E-state index in [1.54, 1.807) is 6.20 Å². The SMILES string of the molecule is CCc1ccc(C(=O)N2CCC3(CCC3NC(=O)CCc3ccccc3)CC2)cn1.O=CO. The van der Waals surface area contributed by atoms with Crippen LogP contribution in [0.3, 0.4) is 0 Å². The molecule has 2 amide bonds. The Morgan fingerprint density at radius 1 is 1.15 bits per heavy atom. The molecule has 1 saturated heterocycles. The number of benzene rings is 1. The maximum Gasteiger partial charge on any atom is 0.290 e. The van der Waals surface area contributed by atoms with E-state index in [0.29, 0.717) is 12.0 Å². The van der Waals surface area contributed by atoms with Crippen LogP contribution in [0.15, 0.2) is 48.7 Å². The maximum absolute atomic E-state index is 12.8. The summed E-state index contributed by atoms with van der Waals surface area (Å²) < 4.78 is 0. The number of carboxylic acid groups (broad SMARTS) is 1. The Labute approximate surface area is 195 Å². The van der Waals surface area contributed by atoms with Crippen molar-refractivity contribution in [3.05, 3.63) is 65.5 Å². The molecule has 0 radical (unpaired) electrons. The van der Waals surface area contributed by atoms with E-state index in [2.05, 4.69) is 29.4 Å². The first kappa shape index (κ1) is 24.4. The first-order valence-corrected chi connectivity index (χ1v) is 11.7. The molecule has 2 N–H and O–H groups in total. The Morgan fingerprint density at radius 3 is 2.39 bits per heavy atom. The molecule has 1 unspecified atom stereocenters. The first-order chi connectivity index (χ1) is 16.0. The number of nitrogens with one attached hydrogen (secondary N) is 1. The third-order valence-electron chi connectivity index (χ3n) is 6.97. The van der Waals surface area contributed by atoms with Gasteiger partial charge in [0.1, 0.15) is 0 Å². The normalized spacial score (nSPS) is 18.5. The minimum absolute atomic E-state index is 0.0720. The van der Waals surface area contributed by atoms with E-state index in [4.69, 9.17) is 9.90 Å². The zero-order valence-electron chi connectivity index (χ0n) is 19.2. The van der Waals surface area contributed by atoms with Gasteiger partial charge >= 0.3 is 0 Å². The highest BCUT2D eigenvalue weighted by Crippen LogP contribution is 2.49. The van der Waals surface area contributed by atoms with Crippen LogP contribution in [0, 0.1) is 5.41 Å². The number of likely N-dealkylation sites (tertiary alicyclic amines) is 1. The van der Waals surface area contributed by atoms with Crippen molar-refractivity contribution < 1.29 is 19.5 Å². The molecule has 2 aromatic rings. The second kappa shape index (κ2) is 11.6. The highest BCUT2D eigenvalue weighted by molar-refractivity contribution is 5.94. The third-order valence-corrected chi connectivity index (χ3v) is 6.97. The molecule has 4 rings (SSSR count). The van der Waals surface area contributed by atoms with Gasteiger partial charge in [0, 0.05) is 37.4 Å². The summed E-state index contributed by atoms with van der Waals surface area (Å²) >= 11 is 0. The molecule has 2 heterocycles. The van der Waals surface area contributed by atoms with E-state index in [1.165, 1.54) is 5.56 Å². The average Bonchev–Trinajstić information content (AvgIpc) is 2.86. The molecule has 176 valence electrons. The summed E-state index contributed by atoms with van der Waals surface area (Å²) in [5, 5.41) is 10.2. The number of pyridine rings is 1. The first-order valence-electron chi connectivity index (χ1n) is 11.7. The molecule has 1 aliphatic heterocycles. The van der Waals surface area contributed by atoms with Gasteiger partial charge in [0.15, 0.2) is 0 Å². The molecule has 7 nitrogen and oxygen atoms in total. The predicted molar refractivity (Wildman–Crippen MR) is 126 cm³/mol. The summed E-state index contributed by atoms with van der Waals surface area (Å²) in [6.45, 7) is 3.32. The minimum atomic E-state index is -0.250. The lowest BCUT2D eigenvalue weighted by Crippen LogP contribution is -2.59. The molecule has 0 bridgehead atoms. The van der Waals surface area contributed by atoms with E-state index in [1.807, 2.05) is 35.2 Å². The summed E-state index contributed by atoms with van der Waals surface area (Å²) in [5.74, 6) is 0.214. The Hall–Kier alpha value is -3.22. The molecule has 2 aliphatic rings. The fraction of sp³-hybridized carbons (Fsp3) is 0.462. The van der Waals surface area contributed by atoms with Crippen molar-refractivity contribution in [3.63, 3.8) is 0 Å². The van der Waals surface area contributed by atoms with Crippen molar-refractivity contribution in [2.75, 3.05) is 13.1 Å². The molecule has 1 aliphatic carbocycles. The number of nitrogens with zero attached hydrogens (tertiary/aromatic N) is 2. The topological polar surface area (TPSA) is 99.6 Å². The number of rotatable bonds is 6. The van der Waals surface area contributed by atoms with Gasteiger partial charge in [-0.25, -0.2) is 0 Å². The van der Waals surface area contributed by atoms with Crippen molar-refractivity contribution >= 4 is 18.3 Å². The van der Waals surface area contributed by atoms with Crippen LogP contribution in [0.5, 0.6) is 0 Å². The third kappa shape index (κ3) is 6.18. The largest absolute Gasteiger partial charge is 0.483 e. The molecule has 1 atom stereocenters. The number of aryl methyl sites for hydroxylation is 2. The van der Waals surface area contributed by atoms with Gasteiger partial charge in [-0.15, -0.1) is 0 Å². The molecule has 1 aromatic heterocycles. The molecule has 2 fully saturated rings. The summed E-state index contributed by atoms with van der Waals surface area (Å²) in [7, 11) is 0. The monoisotopic (exact) mass is 451 g/mol. The van der Waals surface area contributed by atoms with Gasteiger partial charge in [-0.05, 0) is 61.6 Å². The number of amides is 2. The van der Waals surface area contributed by atoms with Gasteiger partial charge in [0.2, 0.25) is 5.91 Å². The Kier molecular flexibility index (Phi) is 8.58. The summed E-state index contributed by atoms with van der Waals surface area (Å²) in [5.41, 5.74) is 3.04. The summed E-state index contributed by atoms with van der Waals surface area (Å²) in [6, 6.07) is 14.2. The quantitative estimate of drug-likeness (QED) is 0.655. The highest BCUT2D eigenvalue weighted by atomic mass is 16.3. The van der Waals surface area contributed by atoms with Crippen LogP contribution in [0.1, 0.15) is 60.6 Å². The van der Waals surface area contributed by atoms with Crippen LogP contribution in [0.4, 0.5) is 0 Å². The van der Waals surface area contributed by atoms with E-state index in [0.717, 1.165) is 57.3 Å². The number of hydrogen-bond donors (Lipinski definition) is 2. The van der Waals surface area contributed by atoms with Crippen LogP contribution >= 0.6 is 0 Å². The molecule has 33 heavy (non-hydrogen) atoms. The van der Waals surface area contributed by atoms with Crippen LogP contribution in [0.2, 0.25) is 0 Å². The second-order valence-corrected chi connectivity index (χ2v) is 8.80. The molecule has 7 heteroatoms. The smallest absolute Gasteiger partial charge is 0.290 e. The molecular formula is C26H33N3O4. The number of piperidine rings is 1. The molecular weight excluding hydrogens is 418 g/mol. The standard InChI is InChI=1S/C25H31N3O2.CH2O2/c1-2-21-10-9-20(18-26-21)24(30)28-16-14-25(15-17-28)13-12-22(25)27-23(29)11-8-19-6-4-3-5-7-19;2-1-3/h3-7,9-10,18,22H,2,8,11-17H2,1H3,(H,27,29);1H,(H,2,3). The van der Waals surface area contributed by atoms with Crippen LogP contribution in [0.25, 0.3) is 0 Å². The summed E-state index contributed by atoms with van der Waals surface area (Å²) in [4.78, 5) is 39.9. The Balaban J connectivity index is 0.000000968. The zero-order chi connectivity index (χ0) is 23.7. The van der Waals surface area contributed by atoms with Crippen molar-refractivity contribution in [2.45, 2.75) is 57.9 Å². The Bertz CT molecular complexity index is 922. The van der Waals surface area contributed by atoms with Gasteiger partial charge in [0.05, 0.1) is 5.56 Å². The second-order valence-electron chi connectivity index (χ2n) is 8.80. The average molecular weight is 452 g/mol.